The summed E-state index contributed by atoms with van der Waals surface area (Å²) in [6, 6.07) is 12.8. The number of carbonyl (C=O) groups is 2. The first-order chi connectivity index (χ1) is 15.3. The fourth-order valence-electron chi connectivity index (χ4n) is 3.92. The van der Waals surface area contributed by atoms with Gasteiger partial charge in [-0.05, 0) is 36.8 Å². The second-order valence-electron chi connectivity index (χ2n) is 7.92. The summed E-state index contributed by atoms with van der Waals surface area (Å²) in [6.07, 6.45) is 2.42. The molecule has 8 nitrogen and oxygen atoms in total. The Morgan fingerprint density at radius 1 is 1.09 bits per heavy atom. The Morgan fingerprint density at radius 2 is 1.81 bits per heavy atom. The molecular formula is C24H22N4O4. The van der Waals surface area contributed by atoms with Crippen LogP contribution in [0.5, 0.6) is 0 Å². The first-order valence-corrected chi connectivity index (χ1v) is 10.1. The van der Waals surface area contributed by atoms with Gasteiger partial charge in [-0.1, -0.05) is 18.2 Å². The van der Waals surface area contributed by atoms with E-state index in [0.717, 1.165) is 16.9 Å². The lowest BCUT2D eigenvalue weighted by Gasteiger charge is -2.19. The summed E-state index contributed by atoms with van der Waals surface area (Å²) in [7, 11) is 3.39. The number of benzene rings is 2. The molecule has 4 rings (SSSR count). The van der Waals surface area contributed by atoms with Gasteiger partial charge in [0.1, 0.15) is 5.69 Å². The van der Waals surface area contributed by atoms with E-state index in [0.29, 0.717) is 18.7 Å². The van der Waals surface area contributed by atoms with Crippen molar-refractivity contribution >= 4 is 28.8 Å². The van der Waals surface area contributed by atoms with Crippen molar-refractivity contribution in [2.75, 3.05) is 30.4 Å². The normalized spacial score (nSPS) is 12.4. The van der Waals surface area contributed by atoms with E-state index in [2.05, 4.69) is 4.98 Å². The van der Waals surface area contributed by atoms with Gasteiger partial charge < -0.3 is 9.80 Å². The first kappa shape index (κ1) is 21.2. The second-order valence-corrected chi connectivity index (χ2v) is 7.92. The number of anilines is 2. The molecular weight excluding hydrogens is 408 g/mol. The highest BCUT2D eigenvalue weighted by Crippen LogP contribution is 2.31. The van der Waals surface area contributed by atoms with E-state index in [1.807, 2.05) is 13.0 Å². The third-order valence-electron chi connectivity index (χ3n) is 5.51. The molecule has 1 amide bonds. The van der Waals surface area contributed by atoms with Crippen LogP contribution in [0.2, 0.25) is 0 Å². The number of rotatable bonds is 5. The molecule has 32 heavy (non-hydrogen) atoms. The number of carbonyl (C=O) groups excluding carboxylic acids is 2. The molecule has 0 fully saturated rings. The summed E-state index contributed by atoms with van der Waals surface area (Å²) in [5, 5.41) is 11.5. The van der Waals surface area contributed by atoms with Crippen molar-refractivity contribution in [2.24, 2.45) is 0 Å². The molecule has 0 aliphatic carbocycles. The smallest absolute Gasteiger partial charge is 0.293 e. The van der Waals surface area contributed by atoms with Gasteiger partial charge in [0.25, 0.3) is 11.6 Å². The molecule has 162 valence electrons. The maximum atomic E-state index is 13.4. The Hall–Kier alpha value is -4.07. The molecule has 2 aromatic carbocycles. The van der Waals surface area contributed by atoms with Gasteiger partial charge in [-0.3, -0.25) is 24.7 Å². The Morgan fingerprint density at radius 3 is 2.50 bits per heavy atom. The number of hydrogen-bond donors (Lipinski definition) is 0. The van der Waals surface area contributed by atoms with E-state index in [9.17, 15) is 19.7 Å². The van der Waals surface area contributed by atoms with E-state index >= 15 is 0 Å². The standard InChI is InChI=1S/C24H22N4O4/c1-15-12-21-19(25-14-15)10-11-27(21)24(30)18-7-5-4-6-17(18)23(29)16-8-9-20(26(2)3)22(13-16)28(31)32/h4-9,12-14H,10-11H2,1-3H3. The second kappa shape index (κ2) is 8.22. The van der Waals surface area contributed by atoms with E-state index in [1.165, 1.54) is 6.07 Å². The van der Waals surface area contributed by atoms with Crippen molar-refractivity contribution in [2.45, 2.75) is 13.3 Å². The quantitative estimate of drug-likeness (QED) is 0.347. The Bertz CT molecular complexity index is 1250. The van der Waals surface area contributed by atoms with E-state index in [1.54, 1.807) is 66.5 Å². The van der Waals surface area contributed by atoms with Crippen LogP contribution in [0.3, 0.4) is 0 Å². The summed E-state index contributed by atoms with van der Waals surface area (Å²) >= 11 is 0. The number of pyridine rings is 1. The molecule has 0 N–H and O–H groups in total. The average molecular weight is 430 g/mol. The van der Waals surface area contributed by atoms with Crippen molar-refractivity contribution in [3.8, 4) is 0 Å². The molecule has 2 heterocycles. The maximum Gasteiger partial charge on any atom is 0.293 e. The van der Waals surface area contributed by atoms with Gasteiger partial charge in [0.2, 0.25) is 0 Å². The third kappa shape index (κ3) is 3.71. The lowest BCUT2D eigenvalue weighted by Crippen LogP contribution is -2.30. The molecule has 0 unspecified atom stereocenters. The predicted molar refractivity (Wildman–Crippen MR) is 122 cm³/mol. The molecule has 0 bridgehead atoms. The van der Waals surface area contributed by atoms with Gasteiger partial charge in [0.15, 0.2) is 5.78 Å². The number of hydrogen-bond acceptors (Lipinski definition) is 6. The van der Waals surface area contributed by atoms with E-state index < -0.39 is 10.7 Å². The summed E-state index contributed by atoms with van der Waals surface area (Å²) in [5.74, 6) is -0.733. The van der Waals surface area contributed by atoms with Crippen LogP contribution >= 0.6 is 0 Å². The number of ketones is 1. The van der Waals surface area contributed by atoms with Gasteiger partial charge in [0, 0.05) is 50.5 Å². The molecule has 0 spiro atoms. The van der Waals surface area contributed by atoms with Crippen LogP contribution in [0, 0.1) is 17.0 Å². The monoisotopic (exact) mass is 430 g/mol. The number of fused-ring (bicyclic) bond motifs is 1. The Balaban J connectivity index is 1.73. The highest BCUT2D eigenvalue weighted by molar-refractivity contribution is 6.18. The molecule has 8 heteroatoms. The molecule has 0 saturated heterocycles. The van der Waals surface area contributed by atoms with Crippen molar-refractivity contribution in [3.05, 3.63) is 92.8 Å². The number of aryl methyl sites for hydroxylation is 1. The molecule has 1 aliphatic rings. The summed E-state index contributed by atoms with van der Waals surface area (Å²) in [4.78, 5) is 45.4. The zero-order chi connectivity index (χ0) is 23.0. The SMILES string of the molecule is Cc1cnc2c(c1)N(C(=O)c1ccccc1C(=O)c1ccc(N(C)C)c([N+](=O)[O-])c1)CC2. The van der Waals surface area contributed by atoms with Crippen LogP contribution in [0.1, 0.15) is 37.5 Å². The lowest BCUT2D eigenvalue weighted by atomic mass is 9.96. The number of nitrogens with zero attached hydrogens (tertiary/aromatic N) is 4. The van der Waals surface area contributed by atoms with Crippen LogP contribution in [-0.2, 0) is 6.42 Å². The van der Waals surface area contributed by atoms with Crippen LogP contribution in [0.25, 0.3) is 0 Å². The fourth-order valence-corrected chi connectivity index (χ4v) is 3.92. The van der Waals surface area contributed by atoms with Crippen LogP contribution in [-0.4, -0.2) is 42.2 Å². The predicted octanol–water partition coefficient (Wildman–Crippen LogP) is 3.80. The van der Waals surface area contributed by atoms with Gasteiger partial charge in [-0.15, -0.1) is 0 Å². The van der Waals surface area contributed by atoms with E-state index in [-0.39, 0.29) is 28.3 Å². The molecule has 1 aromatic heterocycles. The lowest BCUT2D eigenvalue weighted by molar-refractivity contribution is -0.384. The van der Waals surface area contributed by atoms with Crippen LogP contribution in [0.15, 0.2) is 54.7 Å². The summed E-state index contributed by atoms with van der Waals surface area (Å²) in [5.41, 5.74) is 3.39. The Labute approximate surface area is 185 Å². The largest absolute Gasteiger partial charge is 0.372 e. The minimum atomic E-state index is -0.514. The Kier molecular flexibility index (Phi) is 5.44. The van der Waals surface area contributed by atoms with Crippen molar-refractivity contribution in [3.63, 3.8) is 0 Å². The third-order valence-corrected chi connectivity index (χ3v) is 5.51. The van der Waals surface area contributed by atoms with Gasteiger partial charge in [-0.2, -0.15) is 0 Å². The maximum absolute atomic E-state index is 13.4. The van der Waals surface area contributed by atoms with Gasteiger partial charge >= 0.3 is 0 Å². The van der Waals surface area contributed by atoms with Gasteiger partial charge in [-0.25, -0.2) is 0 Å². The zero-order valence-corrected chi connectivity index (χ0v) is 18.0. The fraction of sp³-hybridized carbons (Fsp3) is 0.208. The van der Waals surface area contributed by atoms with Crippen molar-refractivity contribution < 1.29 is 14.5 Å². The number of amides is 1. The topological polar surface area (TPSA) is 96.7 Å². The van der Waals surface area contributed by atoms with Crippen molar-refractivity contribution in [1.29, 1.82) is 0 Å². The zero-order valence-electron chi connectivity index (χ0n) is 18.0. The minimum absolute atomic E-state index is 0.155. The highest BCUT2D eigenvalue weighted by Gasteiger charge is 2.30. The average Bonchev–Trinajstić information content (AvgIpc) is 3.20. The van der Waals surface area contributed by atoms with Gasteiger partial charge in [0.05, 0.1) is 21.9 Å². The molecule has 0 saturated carbocycles. The summed E-state index contributed by atoms with van der Waals surface area (Å²) < 4.78 is 0. The van der Waals surface area contributed by atoms with Crippen LogP contribution in [0.4, 0.5) is 17.1 Å². The highest BCUT2D eigenvalue weighted by atomic mass is 16.6. The van der Waals surface area contributed by atoms with E-state index in [4.69, 9.17) is 0 Å². The molecule has 0 radical (unpaired) electrons. The molecule has 1 aliphatic heterocycles. The summed E-state index contributed by atoms with van der Waals surface area (Å²) in [6.45, 7) is 2.40. The van der Waals surface area contributed by atoms with Crippen LogP contribution < -0.4 is 9.80 Å². The van der Waals surface area contributed by atoms with Crippen molar-refractivity contribution in [1.82, 2.24) is 4.98 Å². The number of aromatic nitrogens is 1. The minimum Gasteiger partial charge on any atom is -0.372 e. The first-order valence-electron chi connectivity index (χ1n) is 10.1. The number of nitro groups is 1. The number of nitro benzene ring substituents is 1. The molecule has 0 atom stereocenters. The molecule has 3 aromatic rings.